The van der Waals surface area contributed by atoms with Crippen molar-refractivity contribution in [3.05, 3.63) is 29.8 Å². The highest BCUT2D eigenvalue weighted by Crippen LogP contribution is 2.21. The van der Waals surface area contributed by atoms with E-state index in [0.717, 1.165) is 11.3 Å². The second kappa shape index (κ2) is 7.11. The molecule has 0 unspecified atom stereocenters. The third kappa shape index (κ3) is 3.97. The number of aryl methyl sites for hydroxylation is 1. The fraction of sp³-hybridized carbons (Fsp3) is 0.500. The molecule has 1 amide bonds. The number of aliphatic carboxylic acids is 1. The summed E-state index contributed by atoms with van der Waals surface area (Å²) < 4.78 is 5.25. The Balaban J connectivity index is 2.78. The molecule has 5 heteroatoms. The number of para-hydroxylation sites is 1. The van der Waals surface area contributed by atoms with Gasteiger partial charge < -0.3 is 14.7 Å². The van der Waals surface area contributed by atoms with Gasteiger partial charge in [0.1, 0.15) is 11.3 Å². The highest BCUT2D eigenvalue weighted by Gasteiger charge is 2.36. The molecule has 1 N–H and O–H groups in total. The molecular weight excluding hydrogens is 270 g/mol. The van der Waals surface area contributed by atoms with Crippen LogP contribution in [0.4, 0.5) is 0 Å². The number of carbonyl (C=O) groups excluding carboxylic acids is 1. The van der Waals surface area contributed by atoms with Crippen LogP contribution in [0.15, 0.2) is 24.3 Å². The Morgan fingerprint density at radius 1 is 1.29 bits per heavy atom. The minimum atomic E-state index is -1.20. The summed E-state index contributed by atoms with van der Waals surface area (Å²) in [6.07, 6.45) is 0.778. The van der Waals surface area contributed by atoms with Gasteiger partial charge in [0.25, 0.3) is 0 Å². The van der Waals surface area contributed by atoms with Gasteiger partial charge >= 0.3 is 5.97 Å². The Morgan fingerprint density at radius 3 is 2.43 bits per heavy atom. The Labute approximate surface area is 125 Å². The van der Waals surface area contributed by atoms with Crippen LogP contribution in [-0.2, 0) is 16.0 Å². The zero-order valence-corrected chi connectivity index (χ0v) is 13.0. The Hall–Kier alpha value is -2.04. The first-order valence-corrected chi connectivity index (χ1v) is 7.00. The molecule has 1 aromatic carbocycles. The summed E-state index contributed by atoms with van der Waals surface area (Å²) in [5, 5.41) is 9.25. The number of hydrogen-bond donors (Lipinski definition) is 1. The maximum Gasteiger partial charge on any atom is 0.329 e. The molecule has 0 aromatic heterocycles. The van der Waals surface area contributed by atoms with Crippen LogP contribution in [0.25, 0.3) is 0 Å². The lowest BCUT2D eigenvalue weighted by Crippen LogP contribution is -2.52. The van der Waals surface area contributed by atoms with E-state index < -0.39 is 11.5 Å². The number of benzene rings is 1. The predicted octanol–water partition coefficient (Wildman–Crippen LogP) is 2.34. The minimum absolute atomic E-state index is 0.171. The minimum Gasteiger partial charge on any atom is -0.496 e. The number of carboxylic acid groups (broad SMARTS) is 1. The molecule has 116 valence electrons. The summed E-state index contributed by atoms with van der Waals surface area (Å²) in [6.45, 7) is 5.23. The molecule has 0 radical (unpaired) electrons. The quantitative estimate of drug-likeness (QED) is 0.838. The summed E-state index contributed by atoms with van der Waals surface area (Å²) in [5.41, 5.74) is -0.260. The number of likely N-dealkylation sites (N-methyl/N-ethyl adjacent to an activating group) is 1. The first kappa shape index (κ1) is 17.0. The molecule has 0 aliphatic carbocycles. The van der Waals surface area contributed by atoms with E-state index in [1.165, 1.54) is 4.90 Å². The maximum atomic E-state index is 12.3. The van der Waals surface area contributed by atoms with Crippen LogP contribution >= 0.6 is 0 Å². The molecule has 0 saturated heterocycles. The molecule has 5 nitrogen and oxygen atoms in total. The molecule has 0 atom stereocenters. The molecule has 0 saturated carbocycles. The number of hydrogen-bond acceptors (Lipinski definition) is 3. The van der Waals surface area contributed by atoms with Gasteiger partial charge in [0.05, 0.1) is 7.11 Å². The van der Waals surface area contributed by atoms with Gasteiger partial charge in [0.2, 0.25) is 5.91 Å². The second-order valence-electron chi connectivity index (χ2n) is 5.31. The first-order chi connectivity index (χ1) is 9.84. The van der Waals surface area contributed by atoms with Crippen molar-refractivity contribution in [1.82, 2.24) is 4.90 Å². The SMILES string of the molecule is CCN(C(=O)CCc1ccccc1OC)C(C)(C)C(=O)O. The van der Waals surface area contributed by atoms with Crippen molar-refractivity contribution in [2.75, 3.05) is 13.7 Å². The summed E-state index contributed by atoms with van der Waals surface area (Å²) in [6, 6.07) is 7.51. The van der Waals surface area contributed by atoms with Crippen molar-refractivity contribution in [1.29, 1.82) is 0 Å². The Morgan fingerprint density at radius 2 is 1.90 bits per heavy atom. The van der Waals surface area contributed by atoms with Gasteiger partial charge in [-0.2, -0.15) is 0 Å². The van der Waals surface area contributed by atoms with Crippen molar-refractivity contribution in [3.63, 3.8) is 0 Å². The lowest BCUT2D eigenvalue weighted by Gasteiger charge is -2.34. The smallest absolute Gasteiger partial charge is 0.329 e. The monoisotopic (exact) mass is 293 g/mol. The van der Waals surface area contributed by atoms with Crippen LogP contribution < -0.4 is 4.74 Å². The number of rotatable bonds is 7. The summed E-state index contributed by atoms with van der Waals surface area (Å²) in [4.78, 5) is 25.0. The number of nitrogens with zero attached hydrogens (tertiary/aromatic N) is 1. The molecule has 0 fully saturated rings. The van der Waals surface area contributed by atoms with Crippen molar-refractivity contribution < 1.29 is 19.4 Å². The molecular formula is C16H23NO4. The summed E-state index contributed by atoms with van der Waals surface area (Å²) in [7, 11) is 1.59. The van der Waals surface area contributed by atoms with E-state index in [1.807, 2.05) is 24.3 Å². The lowest BCUT2D eigenvalue weighted by molar-refractivity contribution is -0.156. The van der Waals surface area contributed by atoms with Crippen molar-refractivity contribution in [3.8, 4) is 5.75 Å². The van der Waals surface area contributed by atoms with E-state index in [9.17, 15) is 14.7 Å². The van der Waals surface area contributed by atoms with Crippen LogP contribution in [0.3, 0.4) is 0 Å². The van der Waals surface area contributed by atoms with E-state index in [1.54, 1.807) is 27.9 Å². The highest BCUT2D eigenvalue weighted by atomic mass is 16.5. The zero-order chi connectivity index (χ0) is 16.0. The van der Waals surface area contributed by atoms with Crippen LogP contribution in [0, 0.1) is 0 Å². The third-order valence-electron chi connectivity index (χ3n) is 3.62. The number of carbonyl (C=O) groups is 2. The van der Waals surface area contributed by atoms with Crippen LogP contribution in [0.5, 0.6) is 5.75 Å². The molecule has 0 aliphatic rings. The fourth-order valence-corrected chi connectivity index (χ4v) is 2.28. The molecule has 0 bridgehead atoms. The zero-order valence-electron chi connectivity index (χ0n) is 13.0. The second-order valence-corrected chi connectivity index (χ2v) is 5.31. The van der Waals surface area contributed by atoms with Crippen molar-refractivity contribution >= 4 is 11.9 Å². The first-order valence-electron chi connectivity index (χ1n) is 7.00. The summed E-state index contributed by atoms with van der Waals surface area (Å²) >= 11 is 0. The normalized spacial score (nSPS) is 11.0. The van der Waals surface area contributed by atoms with E-state index in [4.69, 9.17) is 4.74 Å². The molecule has 0 aliphatic heterocycles. The van der Waals surface area contributed by atoms with Crippen LogP contribution in [0.1, 0.15) is 32.8 Å². The predicted molar refractivity (Wildman–Crippen MR) is 80.4 cm³/mol. The number of carboxylic acids is 1. The third-order valence-corrected chi connectivity index (χ3v) is 3.62. The molecule has 0 spiro atoms. The average molecular weight is 293 g/mol. The topological polar surface area (TPSA) is 66.8 Å². The van der Waals surface area contributed by atoms with Gasteiger partial charge in [-0.05, 0) is 38.8 Å². The summed E-state index contributed by atoms with van der Waals surface area (Å²) in [5.74, 6) is -0.434. The largest absolute Gasteiger partial charge is 0.496 e. The van der Waals surface area contributed by atoms with Gasteiger partial charge in [-0.25, -0.2) is 4.79 Å². The van der Waals surface area contributed by atoms with Crippen molar-refractivity contribution in [2.24, 2.45) is 0 Å². The van der Waals surface area contributed by atoms with Gasteiger partial charge in [-0.15, -0.1) is 0 Å². The maximum absolute atomic E-state index is 12.3. The van der Waals surface area contributed by atoms with Crippen LogP contribution in [-0.4, -0.2) is 41.1 Å². The van der Waals surface area contributed by atoms with Gasteiger partial charge in [-0.3, -0.25) is 4.79 Å². The molecule has 0 heterocycles. The molecule has 21 heavy (non-hydrogen) atoms. The van der Waals surface area contributed by atoms with Crippen LogP contribution in [0.2, 0.25) is 0 Å². The fourth-order valence-electron chi connectivity index (χ4n) is 2.28. The standard InChI is InChI=1S/C16H23NO4/c1-5-17(16(2,3)15(19)20)14(18)11-10-12-8-6-7-9-13(12)21-4/h6-9H,5,10-11H2,1-4H3,(H,19,20). The van der Waals surface area contributed by atoms with E-state index >= 15 is 0 Å². The molecule has 1 aromatic rings. The van der Waals surface area contributed by atoms with E-state index in [-0.39, 0.29) is 12.3 Å². The van der Waals surface area contributed by atoms with Gasteiger partial charge in [0, 0.05) is 13.0 Å². The number of ether oxygens (including phenoxy) is 1. The van der Waals surface area contributed by atoms with Gasteiger partial charge in [-0.1, -0.05) is 18.2 Å². The number of amides is 1. The Kier molecular flexibility index (Phi) is 5.76. The van der Waals surface area contributed by atoms with Gasteiger partial charge in [0.15, 0.2) is 0 Å². The lowest BCUT2D eigenvalue weighted by atomic mass is 10.0. The average Bonchev–Trinajstić information content (AvgIpc) is 2.45. The van der Waals surface area contributed by atoms with E-state index in [2.05, 4.69) is 0 Å². The Bertz CT molecular complexity index is 511. The molecule has 1 rings (SSSR count). The van der Waals surface area contributed by atoms with E-state index in [0.29, 0.717) is 13.0 Å². The number of methoxy groups -OCH3 is 1. The van der Waals surface area contributed by atoms with Crippen molar-refractivity contribution in [2.45, 2.75) is 39.2 Å². The highest BCUT2D eigenvalue weighted by molar-refractivity contribution is 5.86.